The van der Waals surface area contributed by atoms with Crippen LogP contribution in [0.5, 0.6) is 0 Å². The molecule has 0 heterocycles. The molecule has 0 aliphatic heterocycles. The van der Waals surface area contributed by atoms with Crippen molar-refractivity contribution in [2.24, 2.45) is 5.73 Å². The fourth-order valence-electron chi connectivity index (χ4n) is 1.86. The normalized spacial score (nSPS) is 11.5. The summed E-state index contributed by atoms with van der Waals surface area (Å²) in [6.45, 7) is 1.70. The molecule has 6 heteroatoms. The maximum atomic E-state index is 12.9. The molecule has 3 N–H and O–H groups in total. The van der Waals surface area contributed by atoms with E-state index in [1.165, 1.54) is 24.3 Å². The molecular weight excluding hydrogens is 287 g/mol. The number of hydrogen-bond donors (Lipinski definition) is 2. The fourth-order valence-corrected chi connectivity index (χ4v) is 1.86. The highest BCUT2D eigenvalue weighted by molar-refractivity contribution is 5.91. The number of urea groups is 1. The Bertz CT molecular complexity index is 669. The Kier molecular flexibility index (Phi) is 4.73. The van der Waals surface area contributed by atoms with E-state index in [2.05, 4.69) is 5.32 Å². The average Bonchev–Trinajstić information content (AvgIpc) is 2.48. The van der Waals surface area contributed by atoms with Gasteiger partial charge in [0.2, 0.25) is 0 Å². The van der Waals surface area contributed by atoms with Gasteiger partial charge in [-0.15, -0.1) is 0 Å². The second kappa shape index (κ2) is 6.71. The van der Waals surface area contributed by atoms with Crippen LogP contribution in [0.3, 0.4) is 0 Å². The summed E-state index contributed by atoms with van der Waals surface area (Å²) >= 11 is 0. The lowest BCUT2D eigenvalue weighted by Gasteiger charge is -2.13. The van der Waals surface area contributed by atoms with Crippen LogP contribution in [-0.4, -0.2) is 12.0 Å². The lowest BCUT2D eigenvalue weighted by molar-refractivity contribution is 0.0338. The fraction of sp³-hybridized carbons (Fsp3) is 0.125. The maximum absolute atomic E-state index is 12.9. The molecule has 2 aromatic carbocycles. The van der Waals surface area contributed by atoms with E-state index in [0.29, 0.717) is 16.8 Å². The van der Waals surface area contributed by atoms with Gasteiger partial charge in [-0.25, -0.2) is 14.0 Å². The van der Waals surface area contributed by atoms with Crippen molar-refractivity contribution in [2.45, 2.75) is 13.0 Å². The minimum atomic E-state index is -0.680. The van der Waals surface area contributed by atoms with E-state index in [1.54, 1.807) is 31.2 Å². The van der Waals surface area contributed by atoms with E-state index >= 15 is 0 Å². The predicted octanol–water partition coefficient (Wildman–Crippen LogP) is 3.23. The van der Waals surface area contributed by atoms with Crippen LogP contribution in [0.25, 0.3) is 0 Å². The monoisotopic (exact) mass is 302 g/mol. The molecule has 5 nitrogen and oxygen atoms in total. The first-order valence-electron chi connectivity index (χ1n) is 6.58. The Morgan fingerprint density at radius 1 is 1.09 bits per heavy atom. The van der Waals surface area contributed by atoms with Crippen LogP contribution in [-0.2, 0) is 4.74 Å². The lowest BCUT2D eigenvalue weighted by Crippen LogP contribution is -2.19. The maximum Gasteiger partial charge on any atom is 0.338 e. The number of rotatable bonds is 4. The number of nitrogens with one attached hydrogen (secondary N) is 1. The van der Waals surface area contributed by atoms with Gasteiger partial charge in [-0.05, 0) is 48.9 Å². The van der Waals surface area contributed by atoms with Gasteiger partial charge < -0.3 is 15.8 Å². The van der Waals surface area contributed by atoms with Crippen LogP contribution in [0.15, 0.2) is 48.5 Å². The third-order valence-corrected chi connectivity index (χ3v) is 3.01. The van der Waals surface area contributed by atoms with Crippen molar-refractivity contribution >= 4 is 17.7 Å². The van der Waals surface area contributed by atoms with E-state index in [-0.39, 0.29) is 5.82 Å². The van der Waals surface area contributed by atoms with E-state index in [9.17, 15) is 14.0 Å². The number of esters is 1. The summed E-state index contributed by atoms with van der Waals surface area (Å²) in [4.78, 5) is 22.7. The van der Waals surface area contributed by atoms with Gasteiger partial charge >= 0.3 is 12.0 Å². The summed E-state index contributed by atoms with van der Waals surface area (Å²) in [5, 5.41) is 2.39. The molecule has 0 saturated carbocycles. The number of carbonyl (C=O) groups excluding carboxylic acids is 2. The topological polar surface area (TPSA) is 81.4 Å². The van der Waals surface area contributed by atoms with Crippen LogP contribution < -0.4 is 11.1 Å². The number of amides is 2. The molecule has 1 unspecified atom stereocenters. The second-order valence-corrected chi connectivity index (χ2v) is 4.67. The Balaban J connectivity index is 2.02. The minimum absolute atomic E-state index is 0.337. The molecule has 1 atom stereocenters. The highest BCUT2D eigenvalue weighted by Gasteiger charge is 2.13. The molecule has 0 fully saturated rings. The van der Waals surface area contributed by atoms with Crippen LogP contribution >= 0.6 is 0 Å². The first-order valence-corrected chi connectivity index (χ1v) is 6.58. The van der Waals surface area contributed by atoms with Crippen molar-refractivity contribution in [3.05, 3.63) is 65.5 Å². The summed E-state index contributed by atoms with van der Waals surface area (Å²) < 4.78 is 18.2. The number of nitrogens with two attached hydrogens (primary N) is 1. The zero-order chi connectivity index (χ0) is 16.1. The van der Waals surface area contributed by atoms with Gasteiger partial charge in [0.1, 0.15) is 11.9 Å². The zero-order valence-electron chi connectivity index (χ0n) is 11.9. The van der Waals surface area contributed by atoms with E-state index in [4.69, 9.17) is 10.5 Å². The molecule has 2 amide bonds. The lowest BCUT2D eigenvalue weighted by atomic mass is 10.1. The summed E-state index contributed by atoms with van der Waals surface area (Å²) in [5.74, 6) is -0.859. The molecule has 114 valence electrons. The van der Waals surface area contributed by atoms with Crippen molar-refractivity contribution < 1.29 is 18.7 Å². The number of benzene rings is 2. The van der Waals surface area contributed by atoms with Crippen molar-refractivity contribution in [3.8, 4) is 0 Å². The van der Waals surface area contributed by atoms with Crippen LogP contribution in [0.1, 0.15) is 28.9 Å². The van der Waals surface area contributed by atoms with Crippen LogP contribution in [0.2, 0.25) is 0 Å². The molecule has 0 aliphatic rings. The molecule has 2 rings (SSSR count). The van der Waals surface area contributed by atoms with Gasteiger partial charge in [0, 0.05) is 5.69 Å². The molecule has 0 saturated heterocycles. The van der Waals surface area contributed by atoms with Crippen molar-refractivity contribution in [1.29, 1.82) is 0 Å². The number of anilines is 1. The van der Waals surface area contributed by atoms with Gasteiger partial charge in [-0.1, -0.05) is 12.1 Å². The van der Waals surface area contributed by atoms with Gasteiger partial charge in [-0.3, -0.25) is 0 Å². The number of primary amides is 1. The zero-order valence-corrected chi connectivity index (χ0v) is 11.9. The molecule has 0 spiro atoms. The van der Waals surface area contributed by atoms with Crippen molar-refractivity contribution in [3.63, 3.8) is 0 Å². The average molecular weight is 302 g/mol. The Hall–Kier alpha value is -2.89. The Morgan fingerprint density at radius 2 is 1.68 bits per heavy atom. The largest absolute Gasteiger partial charge is 0.454 e. The third-order valence-electron chi connectivity index (χ3n) is 3.01. The Labute approximate surface area is 126 Å². The van der Waals surface area contributed by atoms with E-state index in [0.717, 1.165) is 0 Å². The van der Waals surface area contributed by atoms with Crippen LogP contribution in [0.4, 0.5) is 14.9 Å². The first-order chi connectivity index (χ1) is 10.5. The van der Waals surface area contributed by atoms with E-state index < -0.39 is 18.1 Å². The number of ether oxygens (including phenoxy) is 1. The van der Waals surface area contributed by atoms with Gasteiger partial charge in [0.05, 0.1) is 5.56 Å². The minimum Gasteiger partial charge on any atom is -0.454 e. The summed E-state index contributed by atoms with van der Waals surface area (Å²) in [6, 6.07) is 11.2. The first kappa shape index (κ1) is 15.5. The number of halogens is 1. The van der Waals surface area contributed by atoms with E-state index in [1.807, 2.05) is 0 Å². The number of hydrogen-bond acceptors (Lipinski definition) is 3. The third kappa shape index (κ3) is 4.05. The molecule has 0 aromatic heterocycles. The highest BCUT2D eigenvalue weighted by atomic mass is 19.1. The summed E-state index contributed by atoms with van der Waals surface area (Å²) in [6.07, 6.45) is -0.503. The SMILES string of the molecule is CC(OC(=O)c1ccc(NC(N)=O)cc1)c1ccc(F)cc1. The van der Waals surface area contributed by atoms with Gasteiger partial charge in [0.15, 0.2) is 0 Å². The van der Waals surface area contributed by atoms with Crippen LogP contribution in [0, 0.1) is 5.82 Å². The molecular formula is C16H15FN2O3. The predicted molar refractivity (Wildman–Crippen MR) is 79.9 cm³/mol. The molecule has 22 heavy (non-hydrogen) atoms. The Morgan fingerprint density at radius 3 is 2.23 bits per heavy atom. The summed E-state index contributed by atoms with van der Waals surface area (Å²) in [5.41, 5.74) is 6.51. The molecule has 0 aliphatic carbocycles. The van der Waals surface area contributed by atoms with Crippen molar-refractivity contribution in [2.75, 3.05) is 5.32 Å². The van der Waals surface area contributed by atoms with Gasteiger partial charge in [0.25, 0.3) is 0 Å². The molecule has 0 radical (unpaired) electrons. The smallest absolute Gasteiger partial charge is 0.338 e. The summed E-state index contributed by atoms with van der Waals surface area (Å²) in [7, 11) is 0. The molecule has 2 aromatic rings. The standard InChI is InChI=1S/C16H15FN2O3/c1-10(11-2-6-13(17)7-3-11)22-15(20)12-4-8-14(9-5-12)19-16(18)21/h2-10H,1H3,(H3,18,19,21). The highest BCUT2D eigenvalue weighted by Crippen LogP contribution is 2.19. The quantitative estimate of drug-likeness (QED) is 0.851. The van der Waals surface area contributed by atoms with Crippen molar-refractivity contribution in [1.82, 2.24) is 0 Å². The number of carbonyl (C=O) groups is 2. The molecule has 0 bridgehead atoms. The second-order valence-electron chi connectivity index (χ2n) is 4.67. The van der Waals surface area contributed by atoms with Gasteiger partial charge in [-0.2, -0.15) is 0 Å².